The van der Waals surface area contributed by atoms with Gasteiger partial charge in [0.1, 0.15) is 5.52 Å². The van der Waals surface area contributed by atoms with Crippen LogP contribution in [0.4, 0.5) is 0 Å². The fourth-order valence-corrected chi connectivity index (χ4v) is 9.34. The molecule has 0 saturated carbocycles. The Morgan fingerprint density at radius 1 is 0.468 bits per heavy atom. The smallest absolute Gasteiger partial charge is 0.165 e. The van der Waals surface area contributed by atoms with Gasteiger partial charge in [-0.2, -0.15) is 0 Å². The highest BCUT2D eigenvalue weighted by molar-refractivity contribution is 7.25. The summed E-state index contributed by atoms with van der Waals surface area (Å²) in [5, 5.41) is 11.3. The van der Waals surface area contributed by atoms with E-state index in [1.807, 2.05) is 23.5 Å². The van der Waals surface area contributed by atoms with Crippen molar-refractivity contribution in [3.63, 3.8) is 0 Å². The number of hydrogen-bond acceptors (Lipinski definition) is 3. The van der Waals surface area contributed by atoms with Gasteiger partial charge in [-0.05, 0) is 65.4 Å². The molecule has 0 aliphatic heterocycles. The highest BCUT2D eigenvalue weighted by Gasteiger charge is 2.23. The minimum Gasteiger partial charge on any atom is -0.309 e. The number of para-hydroxylation sites is 3. The predicted molar refractivity (Wildman–Crippen MR) is 199 cm³/mol. The molecule has 12 aromatic rings. The lowest BCUT2D eigenvalue weighted by Gasteiger charge is -2.10. The largest absolute Gasteiger partial charge is 0.309 e. The number of nitrogens with zero attached hydrogens (tertiary/aromatic N) is 4. The van der Waals surface area contributed by atoms with E-state index in [4.69, 9.17) is 9.97 Å². The topological polar surface area (TPSA) is 35.1 Å². The van der Waals surface area contributed by atoms with E-state index in [2.05, 4.69) is 130 Å². The van der Waals surface area contributed by atoms with Gasteiger partial charge in [0.2, 0.25) is 0 Å². The zero-order chi connectivity index (χ0) is 30.4. The van der Waals surface area contributed by atoms with Crippen molar-refractivity contribution in [1.29, 1.82) is 0 Å². The zero-order valence-corrected chi connectivity index (χ0v) is 25.7. The second-order valence-electron chi connectivity index (χ2n) is 12.6. The Hall–Kier alpha value is -6.04. The van der Waals surface area contributed by atoms with Gasteiger partial charge in [-0.25, -0.2) is 9.97 Å². The molecule has 0 bridgehead atoms. The Labute approximate surface area is 270 Å². The van der Waals surface area contributed by atoms with E-state index in [9.17, 15) is 0 Å². The third kappa shape index (κ3) is 2.98. The van der Waals surface area contributed by atoms with Crippen LogP contribution in [-0.4, -0.2) is 18.9 Å². The number of benzene rings is 7. The molecule has 5 heterocycles. The van der Waals surface area contributed by atoms with Crippen molar-refractivity contribution in [1.82, 2.24) is 18.9 Å². The molecule has 0 atom stereocenters. The molecule has 47 heavy (non-hydrogen) atoms. The summed E-state index contributed by atoms with van der Waals surface area (Å²) in [6.07, 6.45) is 0. The quantitative estimate of drug-likeness (QED) is 0.184. The maximum Gasteiger partial charge on any atom is 0.165 e. The normalized spacial score (nSPS) is 12.7. The van der Waals surface area contributed by atoms with Gasteiger partial charge in [0.25, 0.3) is 0 Å². The van der Waals surface area contributed by atoms with Gasteiger partial charge in [0.05, 0.1) is 33.1 Å². The summed E-state index contributed by atoms with van der Waals surface area (Å²) >= 11 is 1.87. The van der Waals surface area contributed by atoms with Crippen LogP contribution in [0.2, 0.25) is 0 Å². The van der Waals surface area contributed by atoms with E-state index in [-0.39, 0.29) is 0 Å². The van der Waals surface area contributed by atoms with Gasteiger partial charge >= 0.3 is 0 Å². The summed E-state index contributed by atoms with van der Waals surface area (Å²) in [5.74, 6) is 0. The monoisotopic (exact) mass is 614 g/mol. The van der Waals surface area contributed by atoms with Crippen LogP contribution in [0.1, 0.15) is 0 Å². The third-order valence-electron chi connectivity index (χ3n) is 10.2. The van der Waals surface area contributed by atoms with Crippen LogP contribution < -0.4 is 0 Å². The van der Waals surface area contributed by atoms with Crippen molar-refractivity contribution < 1.29 is 0 Å². The number of hydrogen-bond donors (Lipinski definition) is 0. The number of aromatic nitrogens is 4. The Bertz CT molecular complexity index is 3310. The average molecular weight is 615 g/mol. The van der Waals surface area contributed by atoms with E-state index in [1.54, 1.807) is 0 Å². The van der Waals surface area contributed by atoms with Crippen molar-refractivity contribution in [2.24, 2.45) is 0 Å². The fraction of sp³-hybridized carbons (Fsp3) is 0. The Kier molecular flexibility index (Phi) is 4.33. The molecule has 5 aromatic heterocycles. The highest BCUT2D eigenvalue weighted by Crippen LogP contribution is 2.45. The van der Waals surface area contributed by atoms with Gasteiger partial charge < -0.3 is 4.57 Å². The molecule has 0 fully saturated rings. The van der Waals surface area contributed by atoms with Gasteiger partial charge in [-0.1, -0.05) is 78.9 Å². The van der Waals surface area contributed by atoms with Crippen molar-refractivity contribution >= 4 is 113 Å². The summed E-state index contributed by atoms with van der Waals surface area (Å²) in [6.45, 7) is 0. The van der Waals surface area contributed by atoms with Gasteiger partial charge in [0, 0.05) is 52.8 Å². The second kappa shape index (κ2) is 8.40. The van der Waals surface area contributed by atoms with Crippen LogP contribution in [0.15, 0.2) is 133 Å². The van der Waals surface area contributed by atoms with E-state index in [0.717, 1.165) is 38.8 Å². The number of fused-ring (bicyclic) bond motifs is 15. The van der Waals surface area contributed by atoms with E-state index < -0.39 is 0 Å². The van der Waals surface area contributed by atoms with Crippen LogP contribution in [0, 0.1) is 0 Å². The minimum atomic E-state index is 0.905. The fourth-order valence-electron chi connectivity index (χ4n) is 8.22. The molecule has 0 N–H and O–H groups in total. The van der Waals surface area contributed by atoms with Crippen LogP contribution in [0.3, 0.4) is 0 Å². The number of rotatable bonds is 1. The summed E-state index contributed by atoms with van der Waals surface area (Å²) < 4.78 is 7.42. The third-order valence-corrected chi connectivity index (χ3v) is 11.3. The van der Waals surface area contributed by atoms with Crippen molar-refractivity contribution in [2.75, 3.05) is 0 Å². The molecule has 0 unspecified atom stereocenters. The molecule has 7 aromatic carbocycles. The van der Waals surface area contributed by atoms with Gasteiger partial charge in [-0.15, -0.1) is 11.3 Å². The Morgan fingerprint density at radius 3 is 2.13 bits per heavy atom. The molecule has 4 nitrogen and oxygen atoms in total. The lowest BCUT2D eigenvalue weighted by atomic mass is 10.0. The molecule has 216 valence electrons. The molecule has 0 amide bonds. The average Bonchev–Trinajstić information content (AvgIpc) is 3.84. The first kappa shape index (κ1) is 24.2. The lowest BCUT2D eigenvalue weighted by molar-refractivity contribution is 1.19. The predicted octanol–water partition coefficient (Wildman–Crippen LogP) is 11.4. The maximum absolute atomic E-state index is 5.24. The molecule has 0 radical (unpaired) electrons. The first-order chi connectivity index (χ1) is 23.3. The van der Waals surface area contributed by atoms with Gasteiger partial charge in [0.15, 0.2) is 5.65 Å². The Morgan fingerprint density at radius 2 is 1.21 bits per heavy atom. The zero-order valence-electron chi connectivity index (χ0n) is 24.9. The molecular weight excluding hydrogens is 593 g/mol. The first-order valence-corrected chi connectivity index (χ1v) is 16.7. The molecule has 12 rings (SSSR count). The standard InChI is InChI=1S/C42H22N4S/c1-2-10-25-23(9-1)17-18-35-39(25)30-21-28-27-12-4-8-16-37(27)47-38(28)22-36(30)45(35)24-19-29-26-11-3-7-15-34(26)46-41(29)31(20-24)40-42(46)44-33-14-6-5-13-32(33)43-40/h1-22H. The molecule has 0 spiro atoms. The summed E-state index contributed by atoms with van der Waals surface area (Å²) in [4.78, 5) is 10.4. The van der Waals surface area contributed by atoms with E-state index >= 15 is 0 Å². The van der Waals surface area contributed by atoms with Crippen LogP contribution in [0.25, 0.3) is 108 Å². The SMILES string of the molecule is c1ccc2c(c1)ccc1c2c2cc3c(cc2n1-c1cc2c4ccccc4n4c5nc6ccccc6nc5c(c1)c24)sc1ccccc13. The maximum atomic E-state index is 5.24. The number of thiophene rings is 1. The van der Waals surface area contributed by atoms with Crippen molar-refractivity contribution in [2.45, 2.75) is 0 Å². The Balaban J connectivity index is 1.30. The van der Waals surface area contributed by atoms with Crippen LogP contribution in [-0.2, 0) is 0 Å². The van der Waals surface area contributed by atoms with Crippen molar-refractivity contribution in [3.8, 4) is 5.69 Å². The van der Waals surface area contributed by atoms with E-state index in [0.29, 0.717) is 0 Å². The first-order valence-electron chi connectivity index (χ1n) is 15.9. The summed E-state index contributed by atoms with van der Waals surface area (Å²) in [6, 6.07) is 48.6. The molecule has 5 heteroatoms. The van der Waals surface area contributed by atoms with Gasteiger partial charge in [-0.3, -0.25) is 4.40 Å². The summed E-state index contributed by atoms with van der Waals surface area (Å²) in [7, 11) is 0. The molecule has 0 saturated heterocycles. The van der Waals surface area contributed by atoms with Crippen LogP contribution >= 0.6 is 11.3 Å². The summed E-state index contributed by atoms with van der Waals surface area (Å²) in [5.41, 5.74) is 9.56. The van der Waals surface area contributed by atoms with E-state index in [1.165, 1.54) is 69.0 Å². The lowest BCUT2D eigenvalue weighted by Crippen LogP contribution is -1.94. The molecule has 0 aliphatic rings. The highest BCUT2D eigenvalue weighted by atomic mass is 32.1. The molecular formula is C42H22N4S. The molecule has 0 aliphatic carbocycles. The second-order valence-corrected chi connectivity index (χ2v) is 13.7. The minimum absolute atomic E-state index is 0.905. The van der Waals surface area contributed by atoms with Crippen LogP contribution in [0.5, 0.6) is 0 Å². The van der Waals surface area contributed by atoms with Crippen molar-refractivity contribution in [3.05, 3.63) is 133 Å².